The Bertz CT molecular complexity index is 1100. The zero-order valence-electron chi connectivity index (χ0n) is 12.9. The van der Waals surface area contributed by atoms with Gasteiger partial charge in [0.05, 0.1) is 16.2 Å². The molecule has 4 rings (SSSR count). The molecule has 0 radical (unpaired) electrons. The summed E-state index contributed by atoms with van der Waals surface area (Å²) in [4.78, 5) is 12.8. The number of rotatable bonds is 2. The van der Waals surface area contributed by atoms with E-state index in [2.05, 4.69) is 15.0 Å². The normalized spacial score (nSPS) is 11.0. The highest BCUT2D eigenvalue weighted by Crippen LogP contribution is 2.36. The molecule has 25 heavy (non-hydrogen) atoms. The standard InChI is InChI=1S/C19H12Cl2N4/c20-12-4-5-14(16(21)9-12)18-13(2-1-7-23-18)11-3-6-17-15(8-11)19(22)25-10-24-17/h1-10H,(H2,22,24,25). The van der Waals surface area contributed by atoms with Crippen LogP contribution in [0.3, 0.4) is 0 Å². The monoisotopic (exact) mass is 366 g/mol. The van der Waals surface area contributed by atoms with Crippen molar-refractivity contribution in [2.45, 2.75) is 0 Å². The van der Waals surface area contributed by atoms with Crippen LogP contribution in [-0.2, 0) is 0 Å². The van der Waals surface area contributed by atoms with Gasteiger partial charge in [-0.3, -0.25) is 4.98 Å². The van der Waals surface area contributed by atoms with Gasteiger partial charge in [0.1, 0.15) is 12.1 Å². The summed E-state index contributed by atoms with van der Waals surface area (Å²) < 4.78 is 0. The Morgan fingerprint density at radius 2 is 1.72 bits per heavy atom. The zero-order valence-corrected chi connectivity index (χ0v) is 14.5. The summed E-state index contributed by atoms with van der Waals surface area (Å²) in [6, 6.07) is 15.1. The van der Waals surface area contributed by atoms with Crippen molar-refractivity contribution in [1.29, 1.82) is 0 Å². The quantitative estimate of drug-likeness (QED) is 0.526. The highest BCUT2D eigenvalue weighted by atomic mass is 35.5. The molecule has 0 aliphatic rings. The molecule has 0 aliphatic carbocycles. The van der Waals surface area contributed by atoms with Crippen molar-refractivity contribution in [2.24, 2.45) is 0 Å². The van der Waals surface area contributed by atoms with Crippen LogP contribution in [0.2, 0.25) is 10.0 Å². The number of aromatic nitrogens is 3. The molecule has 6 heteroatoms. The van der Waals surface area contributed by atoms with Gasteiger partial charge in [-0.1, -0.05) is 35.3 Å². The van der Waals surface area contributed by atoms with Crippen LogP contribution < -0.4 is 5.73 Å². The van der Waals surface area contributed by atoms with Gasteiger partial charge < -0.3 is 5.73 Å². The lowest BCUT2D eigenvalue weighted by Gasteiger charge is -2.11. The van der Waals surface area contributed by atoms with Crippen LogP contribution in [-0.4, -0.2) is 15.0 Å². The second-order valence-electron chi connectivity index (χ2n) is 5.51. The molecule has 0 aliphatic heterocycles. The Morgan fingerprint density at radius 1 is 0.840 bits per heavy atom. The van der Waals surface area contributed by atoms with Gasteiger partial charge in [0.25, 0.3) is 0 Å². The Hall–Kier alpha value is -2.69. The summed E-state index contributed by atoms with van der Waals surface area (Å²) in [5, 5.41) is 1.94. The molecule has 0 saturated heterocycles. The lowest BCUT2D eigenvalue weighted by molar-refractivity contribution is 1.23. The van der Waals surface area contributed by atoms with Crippen LogP contribution in [0, 0.1) is 0 Å². The second-order valence-corrected chi connectivity index (χ2v) is 6.36. The number of nitrogens with zero attached hydrogens (tertiary/aromatic N) is 3. The van der Waals surface area contributed by atoms with E-state index < -0.39 is 0 Å². The molecule has 0 spiro atoms. The number of halogens is 2. The Kier molecular flexibility index (Phi) is 3.99. The first-order valence-electron chi connectivity index (χ1n) is 7.54. The third kappa shape index (κ3) is 2.90. The van der Waals surface area contributed by atoms with Gasteiger partial charge in [-0.15, -0.1) is 0 Å². The Balaban J connectivity index is 1.94. The highest BCUT2D eigenvalue weighted by molar-refractivity contribution is 6.36. The molecule has 2 heterocycles. The first-order valence-corrected chi connectivity index (χ1v) is 8.30. The number of pyridine rings is 1. The number of fused-ring (bicyclic) bond motifs is 1. The zero-order chi connectivity index (χ0) is 17.4. The fourth-order valence-corrected chi connectivity index (χ4v) is 3.28. The average Bonchev–Trinajstić information content (AvgIpc) is 2.62. The van der Waals surface area contributed by atoms with Crippen LogP contribution in [0.25, 0.3) is 33.3 Å². The minimum Gasteiger partial charge on any atom is -0.383 e. The third-order valence-corrected chi connectivity index (χ3v) is 4.52. The summed E-state index contributed by atoms with van der Waals surface area (Å²) in [7, 11) is 0. The summed E-state index contributed by atoms with van der Waals surface area (Å²) in [6.45, 7) is 0. The topological polar surface area (TPSA) is 64.7 Å². The van der Waals surface area contributed by atoms with Gasteiger partial charge in [0.2, 0.25) is 0 Å². The van der Waals surface area contributed by atoms with Crippen LogP contribution in [0.15, 0.2) is 61.1 Å². The Morgan fingerprint density at radius 3 is 2.56 bits per heavy atom. The molecule has 0 atom stereocenters. The summed E-state index contributed by atoms with van der Waals surface area (Å²) >= 11 is 12.4. The van der Waals surface area contributed by atoms with Gasteiger partial charge >= 0.3 is 0 Å². The van der Waals surface area contributed by atoms with E-state index in [1.807, 2.05) is 36.4 Å². The van der Waals surface area contributed by atoms with Crippen molar-refractivity contribution in [1.82, 2.24) is 15.0 Å². The molecule has 0 saturated carbocycles. The van der Waals surface area contributed by atoms with E-state index in [1.165, 1.54) is 6.33 Å². The molecule has 122 valence electrons. The molecular weight excluding hydrogens is 355 g/mol. The average molecular weight is 367 g/mol. The van der Waals surface area contributed by atoms with E-state index in [0.717, 1.165) is 33.3 Å². The SMILES string of the molecule is Nc1ncnc2ccc(-c3cccnc3-c3ccc(Cl)cc3Cl)cc12. The van der Waals surface area contributed by atoms with Gasteiger partial charge in [-0.25, -0.2) is 9.97 Å². The largest absolute Gasteiger partial charge is 0.383 e. The summed E-state index contributed by atoms with van der Waals surface area (Å²) in [5.74, 6) is 0.446. The number of anilines is 1. The van der Waals surface area contributed by atoms with E-state index in [0.29, 0.717) is 15.9 Å². The summed E-state index contributed by atoms with van der Waals surface area (Å²) in [6.07, 6.45) is 3.20. The smallest absolute Gasteiger partial charge is 0.134 e. The van der Waals surface area contributed by atoms with E-state index in [4.69, 9.17) is 28.9 Å². The molecule has 0 fully saturated rings. The van der Waals surface area contributed by atoms with Crippen molar-refractivity contribution in [2.75, 3.05) is 5.73 Å². The fourth-order valence-electron chi connectivity index (χ4n) is 2.78. The molecular formula is C19H12Cl2N4. The second kappa shape index (κ2) is 6.31. The van der Waals surface area contributed by atoms with E-state index in [-0.39, 0.29) is 0 Å². The first kappa shape index (κ1) is 15.8. The minimum atomic E-state index is 0.446. The van der Waals surface area contributed by atoms with Crippen molar-refractivity contribution in [3.05, 3.63) is 71.1 Å². The predicted octanol–water partition coefficient (Wildman–Crippen LogP) is 5.25. The maximum Gasteiger partial charge on any atom is 0.134 e. The van der Waals surface area contributed by atoms with Crippen LogP contribution >= 0.6 is 23.2 Å². The van der Waals surface area contributed by atoms with E-state index in [9.17, 15) is 0 Å². The molecule has 2 aromatic carbocycles. The summed E-state index contributed by atoms with van der Waals surface area (Å²) in [5.41, 5.74) is 10.3. The fraction of sp³-hybridized carbons (Fsp3) is 0. The number of hydrogen-bond acceptors (Lipinski definition) is 4. The third-order valence-electron chi connectivity index (χ3n) is 3.97. The van der Waals surface area contributed by atoms with E-state index >= 15 is 0 Å². The van der Waals surface area contributed by atoms with Crippen LogP contribution in [0.1, 0.15) is 0 Å². The van der Waals surface area contributed by atoms with Gasteiger partial charge in [-0.05, 0) is 42.0 Å². The van der Waals surface area contributed by atoms with Crippen molar-refractivity contribution in [3.8, 4) is 22.4 Å². The molecule has 0 bridgehead atoms. The molecule has 0 unspecified atom stereocenters. The molecule has 2 aromatic heterocycles. The molecule has 4 nitrogen and oxygen atoms in total. The maximum atomic E-state index is 6.38. The molecule has 2 N–H and O–H groups in total. The van der Waals surface area contributed by atoms with Crippen molar-refractivity contribution < 1.29 is 0 Å². The number of nitrogen functional groups attached to an aromatic ring is 1. The first-order chi connectivity index (χ1) is 12.1. The number of benzene rings is 2. The lowest BCUT2D eigenvalue weighted by atomic mass is 9.98. The van der Waals surface area contributed by atoms with Crippen molar-refractivity contribution in [3.63, 3.8) is 0 Å². The number of hydrogen-bond donors (Lipinski definition) is 1. The van der Waals surface area contributed by atoms with Crippen LogP contribution in [0.4, 0.5) is 5.82 Å². The van der Waals surface area contributed by atoms with Gasteiger partial charge in [0, 0.05) is 27.7 Å². The maximum absolute atomic E-state index is 6.38. The lowest BCUT2D eigenvalue weighted by Crippen LogP contribution is -1.94. The van der Waals surface area contributed by atoms with Gasteiger partial charge in [-0.2, -0.15) is 0 Å². The predicted molar refractivity (Wildman–Crippen MR) is 103 cm³/mol. The van der Waals surface area contributed by atoms with E-state index in [1.54, 1.807) is 18.3 Å². The molecule has 4 aromatic rings. The highest BCUT2D eigenvalue weighted by Gasteiger charge is 2.13. The van der Waals surface area contributed by atoms with Crippen molar-refractivity contribution >= 4 is 39.9 Å². The van der Waals surface area contributed by atoms with Gasteiger partial charge in [0.15, 0.2) is 0 Å². The molecule has 0 amide bonds. The number of nitrogens with two attached hydrogens (primary N) is 1. The van der Waals surface area contributed by atoms with Crippen LogP contribution in [0.5, 0.6) is 0 Å². The Labute approximate surface area is 154 Å². The minimum absolute atomic E-state index is 0.446.